The Morgan fingerprint density at radius 3 is 2.46 bits per heavy atom. The first-order valence-corrected chi connectivity index (χ1v) is 8.22. The van der Waals surface area contributed by atoms with Gasteiger partial charge in [0.25, 0.3) is 0 Å². The summed E-state index contributed by atoms with van der Waals surface area (Å²) in [7, 11) is 3.52. The maximum absolute atomic E-state index is 10.9. The number of likely N-dealkylation sites (N-methyl/N-ethyl adjacent to an activating group) is 1. The highest BCUT2D eigenvalue weighted by atomic mass is 79.9. The summed E-state index contributed by atoms with van der Waals surface area (Å²) in [6.45, 7) is 0.532. The third kappa shape index (κ3) is 4.35. The van der Waals surface area contributed by atoms with Crippen LogP contribution in [0.2, 0.25) is 0 Å². The van der Waals surface area contributed by atoms with Gasteiger partial charge in [0.15, 0.2) is 0 Å². The Balaban J connectivity index is 2.19. The van der Waals surface area contributed by atoms with Crippen molar-refractivity contribution in [2.75, 3.05) is 20.8 Å². The molecule has 0 aliphatic heterocycles. The number of halogens is 1. The lowest BCUT2D eigenvalue weighted by Crippen LogP contribution is -2.27. The zero-order valence-corrected chi connectivity index (χ0v) is 15.2. The summed E-state index contributed by atoms with van der Waals surface area (Å²) in [4.78, 5) is 12.9. The van der Waals surface area contributed by atoms with Gasteiger partial charge in [-0.3, -0.25) is 4.90 Å². The normalized spacial score (nSPS) is 12.2. The van der Waals surface area contributed by atoms with E-state index < -0.39 is 5.97 Å². The first kappa shape index (κ1) is 18.4. The van der Waals surface area contributed by atoms with Crippen LogP contribution in [-0.2, 0) is 6.54 Å². The van der Waals surface area contributed by atoms with Crippen molar-refractivity contribution in [1.82, 2.24) is 4.90 Å². The highest BCUT2D eigenvalue weighted by molar-refractivity contribution is 9.10. The van der Waals surface area contributed by atoms with E-state index in [1.54, 1.807) is 31.4 Å². The minimum Gasteiger partial charge on any atom is -0.497 e. The number of methoxy groups -OCH3 is 1. The fourth-order valence-corrected chi connectivity index (χ4v) is 3.04. The topological polar surface area (TPSA) is 70.0 Å². The third-order valence-corrected chi connectivity index (χ3v) is 4.62. The van der Waals surface area contributed by atoms with Crippen LogP contribution in [0.15, 0.2) is 46.9 Å². The maximum atomic E-state index is 10.9. The summed E-state index contributed by atoms with van der Waals surface area (Å²) in [5.41, 5.74) is 2.16. The van der Waals surface area contributed by atoms with Crippen LogP contribution in [0.1, 0.15) is 27.5 Å². The Bertz CT molecular complexity index is 703. The predicted octanol–water partition coefficient (Wildman–Crippen LogP) is 3.32. The van der Waals surface area contributed by atoms with Gasteiger partial charge >= 0.3 is 5.97 Å². The monoisotopic (exact) mass is 393 g/mol. The van der Waals surface area contributed by atoms with Gasteiger partial charge in [-0.15, -0.1) is 0 Å². The fraction of sp³-hybridized carbons (Fsp3) is 0.278. The van der Waals surface area contributed by atoms with Crippen LogP contribution in [0.3, 0.4) is 0 Å². The van der Waals surface area contributed by atoms with E-state index in [2.05, 4.69) is 15.9 Å². The summed E-state index contributed by atoms with van der Waals surface area (Å²) >= 11 is 3.52. The van der Waals surface area contributed by atoms with Gasteiger partial charge in [0, 0.05) is 11.0 Å². The number of rotatable bonds is 7. The van der Waals surface area contributed by atoms with Gasteiger partial charge in [-0.2, -0.15) is 0 Å². The molecule has 2 aromatic carbocycles. The fourth-order valence-electron chi connectivity index (χ4n) is 2.53. The van der Waals surface area contributed by atoms with Gasteiger partial charge in [-0.25, -0.2) is 4.79 Å². The Hall–Kier alpha value is -1.89. The number of aliphatic hydroxyl groups is 1. The number of aromatic carboxylic acids is 1. The number of benzene rings is 2. The summed E-state index contributed by atoms with van der Waals surface area (Å²) in [6.07, 6.45) is 0. The Morgan fingerprint density at radius 2 is 1.92 bits per heavy atom. The Kier molecular flexibility index (Phi) is 6.36. The lowest BCUT2D eigenvalue weighted by Gasteiger charge is -2.28. The molecule has 24 heavy (non-hydrogen) atoms. The van der Waals surface area contributed by atoms with E-state index in [1.807, 2.05) is 30.1 Å². The molecule has 6 heteroatoms. The number of nitrogens with zero attached hydrogens (tertiary/aromatic N) is 1. The maximum Gasteiger partial charge on any atom is 0.335 e. The number of hydrogen-bond donors (Lipinski definition) is 2. The molecule has 0 saturated carbocycles. The molecule has 0 bridgehead atoms. The molecule has 0 heterocycles. The van der Waals surface area contributed by atoms with E-state index >= 15 is 0 Å². The summed E-state index contributed by atoms with van der Waals surface area (Å²) in [5, 5.41) is 18.8. The van der Waals surface area contributed by atoms with Crippen molar-refractivity contribution in [3.8, 4) is 5.75 Å². The van der Waals surface area contributed by atoms with Crippen molar-refractivity contribution < 1.29 is 19.7 Å². The zero-order valence-electron chi connectivity index (χ0n) is 13.6. The molecule has 0 saturated heterocycles. The molecular weight excluding hydrogens is 374 g/mol. The Morgan fingerprint density at radius 1 is 1.25 bits per heavy atom. The Labute approximate surface area is 149 Å². The lowest BCUT2D eigenvalue weighted by atomic mass is 10.0. The molecule has 128 valence electrons. The van der Waals surface area contributed by atoms with Crippen molar-refractivity contribution in [2.24, 2.45) is 0 Å². The number of ether oxygens (including phenoxy) is 1. The average Bonchev–Trinajstić information content (AvgIpc) is 2.57. The molecule has 2 aromatic rings. The van der Waals surface area contributed by atoms with Gasteiger partial charge < -0.3 is 14.9 Å². The molecule has 0 aromatic heterocycles. The van der Waals surface area contributed by atoms with Gasteiger partial charge in [0.05, 0.1) is 25.3 Å². The molecule has 0 aliphatic carbocycles. The largest absolute Gasteiger partial charge is 0.497 e. The molecule has 2 rings (SSSR count). The van der Waals surface area contributed by atoms with Gasteiger partial charge in [-0.05, 0) is 48.5 Å². The number of aliphatic hydroxyl groups excluding tert-OH is 1. The first-order valence-electron chi connectivity index (χ1n) is 7.43. The van der Waals surface area contributed by atoms with Crippen molar-refractivity contribution >= 4 is 21.9 Å². The van der Waals surface area contributed by atoms with E-state index in [0.717, 1.165) is 21.3 Å². The molecule has 0 spiro atoms. The number of carbonyl (C=O) groups is 1. The summed E-state index contributed by atoms with van der Waals surface area (Å²) in [5.74, 6) is -0.214. The third-order valence-electron chi connectivity index (χ3n) is 3.90. The second-order valence-corrected chi connectivity index (χ2v) is 6.36. The van der Waals surface area contributed by atoms with Crippen LogP contribution >= 0.6 is 15.9 Å². The predicted molar refractivity (Wildman–Crippen MR) is 95.4 cm³/mol. The van der Waals surface area contributed by atoms with E-state index in [0.29, 0.717) is 6.54 Å². The molecule has 0 fully saturated rings. The smallest absolute Gasteiger partial charge is 0.335 e. The van der Waals surface area contributed by atoms with Gasteiger partial charge in [-0.1, -0.05) is 28.1 Å². The van der Waals surface area contributed by atoms with Crippen LogP contribution in [0, 0.1) is 0 Å². The van der Waals surface area contributed by atoms with Crippen LogP contribution in [-0.4, -0.2) is 41.8 Å². The highest BCUT2D eigenvalue weighted by Gasteiger charge is 2.20. The van der Waals surface area contributed by atoms with Crippen LogP contribution in [0.5, 0.6) is 5.75 Å². The van der Waals surface area contributed by atoms with Crippen LogP contribution in [0.25, 0.3) is 0 Å². The minimum absolute atomic E-state index is 0.0462. The van der Waals surface area contributed by atoms with E-state index in [1.165, 1.54) is 0 Å². The number of hydrogen-bond acceptors (Lipinski definition) is 4. The zero-order chi connectivity index (χ0) is 17.7. The van der Waals surface area contributed by atoms with Gasteiger partial charge in [0.1, 0.15) is 5.75 Å². The quantitative estimate of drug-likeness (QED) is 0.754. The molecule has 5 nitrogen and oxygen atoms in total. The number of carboxylic acid groups (broad SMARTS) is 1. The first-order chi connectivity index (χ1) is 11.5. The van der Waals surface area contributed by atoms with Gasteiger partial charge in [0.2, 0.25) is 0 Å². The molecule has 1 unspecified atom stereocenters. The highest BCUT2D eigenvalue weighted by Crippen LogP contribution is 2.31. The van der Waals surface area contributed by atoms with Crippen molar-refractivity contribution in [2.45, 2.75) is 12.6 Å². The molecule has 2 N–H and O–H groups in total. The van der Waals surface area contributed by atoms with Crippen LogP contribution < -0.4 is 4.74 Å². The SMILES string of the molecule is COc1ccc(Br)c(C(CO)N(C)Cc2ccc(C(=O)O)cc2)c1. The molecular formula is C18H20BrNO4. The summed E-state index contributed by atoms with van der Waals surface area (Å²) < 4.78 is 6.16. The molecule has 0 aliphatic rings. The van der Waals surface area contributed by atoms with Crippen molar-refractivity contribution in [3.63, 3.8) is 0 Å². The second kappa shape index (κ2) is 8.28. The minimum atomic E-state index is -0.941. The van der Waals surface area contributed by atoms with E-state index in [9.17, 15) is 9.90 Å². The lowest BCUT2D eigenvalue weighted by molar-refractivity contribution is 0.0697. The van der Waals surface area contributed by atoms with E-state index in [4.69, 9.17) is 9.84 Å². The van der Waals surface area contributed by atoms with Crippen LogP contribution in [0.4, 0.5) is 0 Å². The molecule has 0 radical (unpaired) electrons. The second-order valence-electron chi connectivity index (χ2n) is 5.50. The molecule has 1 atom stereocenters. The molecule has 0 amide bonds. The average molecular weight is 394 g/mol. The van der Waals surface area contributed by atoms with Crippen molar-refractivity contribution in [3.05, 3.63) is 63.6 Å². The van der Waals surface area contributed by atoms with E-state index in [-0.39, 0.29) is 18.2 Å². The summed E-state index contributed by atoms with van der Waals surface area (Å²) in [6, 6.07) is 12.2. The van der Waals surface area contributed by atoms with Crippen molar-refractivity contribution in [1.29, 1.82) is 0 Å². The number of carboxylic acids is 1. The standard InChI is InChI=1S/C18H20BrNO4/c1-20(10-12-3-5-13(6-4-12)18(22)23)17(11-21)15-9-14(24-2)7-8-16(15)19/h3-9,17,21H,10-11H2,1-2H3,(H,22,23).